The number of rotatable bonds is 13. The lowest BCUT2D eigenvalue weighted by Gasteiger charge is -2.13. The predicted octanol–water partition coefficient (Wildman–Crippen LogP) is 7.26. The fourth-order valence-corrected chi connectivity index (χ4v) is 7.50. The van der Waals surface area contributed by atoms with Crippen LogP contribution in [0, 0.1) is 32.6 Å². The highest BCUT2D eigenvalue weighted by atomic mass is 35.5. The minimum Gasteiger partial charge on any atom is -0.451 e. The number of amides is 2. The lowest BCUT2D eigenvalue weighted by molar-refractivity contribution is -0.121. The van der Waals surface area contributed by atoms with Crippen molar-refractivity contribution in [3.63, 3.8) is 0 Å². The Hall–Kier alpha value is -5.02. The first-order chi connectivity index (χ1) is 25.2. The van der Waals surface area contributed by atoms with Crippen molar-refractivity contribution in [1.82, 2.24) is 25.4 Å². The van der Waals surface area contributed by atoms with Crippen molar-refractivity contribution in [3.8, 4) is 28.2 Å². The van der Waals surface area contributed by atoms with Gasteiger partial charge in [0.1, 0.15) is 22.6 Å². The van der Waals surface area contributed by atoms with Crippen LogP contribution in [0.25, 0.3) is 16.3 Å². The number of thiophene rings is 1. The molecule has 268 valence electrons. The van der Waals surface area contributed by atoms with Gasteiger partial charge in [-0.05, 0) is 75.6 Å². The standard InChI is InChI=1S/C40H42ClN7O3S/c1-25-26(2)52-40-36(25)37(30-15-17-31(41)18-16-30)45-32(38-47-46-27(3)48(38)40)24-35(49)43-22-7-5-4-6-8-23-44-39(50)34-20-19-33(51-34)29-13-11-28(12-14-29)10-9-21-42/h11-20,32H,4-8,21-24,42H2,1-3H3,(H,43,49)(H,44,50)/t32-/m0/s1. The molecule has 1 atom stereocenters. The molecular formula is C40H42ClN7O3S. The van der Waals surface area contributed by atoms with Crippen molar-refractivity contribution < 1.29 is 14.0 Å². The van der Waals surface area contributed by atoms with Gasteiger partial charge in [0.15, 0.2) is 11.6 Å². The van der Waals surface area contributed by atoms with E-state index < -0.39 is 6.04 Å². The second-order valence-corrected chi connectivity index (χ2v) is 14.4. The summed E-state index contributed by atoms with van der Waals surface area (Å²) >= 11 is 7.91. The summed E-state index contributed by atoms with van der Waals surface area (Å²) in [6, 6.07) is 18.3. The lowest BCUT2D eigenvalue weighted by Crippen LogP contribution is -2.26. The van der Waals surface area contributed by atoms with E-state index in [1.54, 1.807) is 23.5 Å². The van der Waals surface area contributed by atoms with Crippen LogP contribution in [0.15, 0.2) is 70.1 Å². The number of hydrogen-bond acceptors (Lipinski definition) is 8. The average molecular weight is 736 g/mol. The van der Waals surface area contributed by atoms with Crippen molar-refractivity contribution in [2.24, 2.45) is 10.7 Å². The van der Waals surface area contributed by atoms with E-state index in [1.807, 2.05) is 55.5 Å². The number of unbranched alkanes of at least 4 members (excludes halogenated alkanes) is 4. The van der Waals surface area contributed by atoms with Crippen LogP contribution in [-0.2, 0) is 4.79 Å². The third kappa shape index (κ3) is 8.53. The summed E-state index contributed by atoms with van der Waals surface area (Å²) in [4.78, 5) is 32.2. The summed E-state index contributed by atoms with van der Waals surface area (Å²) in [6.45, 7) is 7.61. The first-order valence-electron chi connectivity index (χ1n) is 17.5. The number of benzene rings is 2. The Morgan fingerprint density at radius 2 is 1.60 bits per heavy atom. The van der Waals surface area contributed by atoms with Crippen LogP contribution in [-0.4, -0.2) is 51.9 Å². The summed E-state index contributed by atoms with van der Waals surface area (Å²) < 4.78 is 7.85. The molecule has 0 aliphatic carbocycles. The number of carbonyl (C=O) groups is 2. The van der Waals surface area contributed by atoms with Crippen LogP contribution < -0.4 is 16.4 Å². The Morgan fingerprint density at radius 3 is 2.33 bits per heavy atom. The lowest BCUT2D eigenvalue weighted by atomic mass is 9.99. The normalized spacial score (nSPS) is 13.3. The first kappa shape index (κ1) is 36.8. The Labute approximate surface area is 312 Å². The zero-order valence-corrected chi connectivity index (χ0v) is 31.2. The molecule has 4 N–H and O–H groups in total. The third-order valence-electron chi connectivity index (χ3n) is 9.03. The number of aryl methyl sites for hydroxylation is 2. The van der Waals surface area contributed by atoms with Crippen LogP contribution >= 0.6 is 22.9 Å². The molecule has 2 amide bonds. The van der Waals surface area contributed by atoms with E-state index in [0.717, 1.165) is 76.5 Å². The molecule has 0 bridgehead atoms. The van der Waals surface area contributed by atoms with E-state index in [-0.39, 0.29) is 24.0 Å². The summed E-state index contributed by atoms with van der Waals surface area (Å²) in [5, 5.41) is 16.6. The maximum Gasteiger partial charge on any atom is 0.287 e. The van der Waals surface area contributed by atoms with Crippen LogP contribution in [0.1, 0.15) is 93.9 Å². The summed E-state index contributed by atoms with van der Waals surface area (Å²) in [6.07, 6.45) is 4.83. The Balaban J connectivity index is 0.945. The van der Waals surface area contributed by atoms with E-state index in [9.17, 15) is 9.59 Å². The number of aromatic nitrogens is 3. The summed E-state index contributed by atoms with van der Waals surface area (Å²) in [5.74, 6) is 7.85. The molecule has 0 saturated carbocycles. The molecule has 52 heavy (non-hydrogen) atoms. The quantitative estimate of drug-likeness (QED) is 0.0860. The van der Waals surface area contributed by atoms with Crippen LogP contribution in [0.3, 0.4) is 0 Å². The number of nitrogens with one attached hydrogen (secondary N) is 2. The molecule has 10 nitrogen and oxygen atoms in total. The number of hydrogen-bond donors (Lipinski definition) is 3. The van der Waals surface area contributed by atoms with Gasteiger partial charge >= 0.3 is 0 Å². The van der Waals surface area contributed by atoms with E-state index in [4.69, 9.17) is 26.7 Å². The third-order valence-corrected chi connectivity index (χ3v) is 10.5. The highest BCUT2D eigenvalue weighted by Crippen LogP contribution is 2.39. The van der Waals surface area contributed by atoms with Gasteiger partial charge in [-0.3, -0.25) is 19.1 Å². The molecule has 0 unspecified atom stereocenters. The number of nitrogens with two attached hydrogens (primary N) is 1. The molecule has 3 aromatic heterocycles. The van der Waals surface area contributed by atoms with E-state index in [2.05, 4.69) is 51.1 Å². The molecule has 6 rings (SSSR count). The van der Waals surface area contributed by atoms with Crippen LogP contribution in [0.2, 0.25) is 5.02 Å². The van der Waals surface area contributed by atoms with Gasteiger partial charge in [-0.2, -0.15) is 0 Å². The fraction of sp³-hybridized carbons (Fsp3) is 0.325. The van der Waals surface area contributed by atoms with Gasteiger partial charge in [-0.25, -0.2) is 0 Å². The monoisotopic (exact) mass is 735 g/mol. The Kier molecular flexibility index (Phi) is 12.0. The summed E-state index contributed by atoms with van der Waals surface area (Å²) in [5.41, 5.74) is 11.1. The number of nitrogens with zero attached hydrogens (tertiary/aromatic N) is 4. The average Bonchev–Trinajstić information content (AvgIpc) is 3.84. The molecule has 0 fully saturated rings. The number of carbonyl (C=O) groups excluding carboxylic acids is 2. The second kappa shape index (κ2) is 17.0. The van der Waals surface area contributed by atoms with E-state index in [0.29, 0.717) is 36.2 Å². The molecule has 0 radical (unpaired) electrons. The molecule has 1 aliphatic rings. The molecule has 4 heterocycles. The van der Waals surface area contributed by atoms with Crippen molar-refractivity contribution in [2.45, 2.75) is 65.3 Å². The number of furan rings is 1. The molecule has 5 aromatic rings. The topological polar surface area (TPSA) is 140 Å². The smallest absolute Gasteiger partial charge is 0.287 e. The largest absolute Gasteiger partial charge is 0.451 e. The maximum absolute atomic E-state index is 13.2. The fourth-order valence-electron chi connectivity index (χ4n) is 6.16. The summed E-state index contributed by atoms with van der Waals surface area (Å²) in [7, 11) is 0. The number of halogens is 1. The van der Waals surface area contributed by atoms with Gasteiger partial charge in [-0.15, -0.1) is 21.5 Å². The van der Waals surface area contributed by atoms with E-state index >= 15 is 0 Å². The molecule has 1 aliphatic heterocycles. The molecule has 0 spiro atoms. The highest BCUT2D eigenvalue weighted by Gasteiger charge is 2.32. The molecule has 12 heteroatoms. The molecule has 0 saturated heterocycles. The zero-order valence-electron chi connectivity index (χ0n) is 29.6. The van der Waals surface area contributed by atoms with Gasteiger partial charge in [0.05, 0.1) is 18.7 Å². The Morgan fingerprint density at radius 1 is 0.904 bits per heavy atom. The van der Waals surface area contributed by atoms with Crippen LogP contribution in [0.4, 0.5) is 0 Å². The van der Waals surface area contributed by atoms with Gasteiger partial charge in [-0.1, -0.05) is 67.0 Å². The van der Waals surface area contributed by atoms with Crippen molar-refractivity contribution >= 4 is 40.5 Å². The van der Waals surface area contributed by atoms with Gasteiger partial charge < -0.3 is 20.8 Å². The van der Waals surface area contributed by atoms with Crippen molar-refractivity contribution in [3.05, 3.63) is 110 Å². The zero-order chi connectivity index (χ0) is 36.6. The molecule has 2 aromatic carbocycles. The van der Waals surface area contributed by atoms with Crippen molar-refractivity contribution in [2.75, 3.05) is 19.6 Å². The maximum atomic E-state index is 13.2. The highest BCUT2D eigenvalue weighted by molar-refractivity contribution is 7.15. The number of aliphatic imine (C=N–C) groups is 1. The van der Waals surface area contributed by atoms with Gasteiger partial charge in [0, 0.05) is 45.2 Å². The Bertz CT molecular complexity index is 2140. The number of fused-ring (bicyclic) bond motifs is 3. The minimum absolute atomic E-state index is 0.0767. The van der Waals surface area contributed by atoms with Crippen molar-refractivity contribution in [1.29, 1.82) is 0 Å². The minimum atomic E-state index is -0.498. The van der Waals surface area contributed by atoms with E-state index in [1.165, 1.54) is 4.88 Å². The van der Waals surface area contributed by atoms with Gasteiger partial charge in [0.25, 0.3) is 5.91 Å². The van der Waals surface area contributed by atoms with Gasteiger partial charge in [0.2, 0.25) is 5.91 Å². The van der Waals surface area contributed by atoms with Crippen LogP contribution in [0.5, 0.6) is 0 Å². The second-order valence-electron chi connectivity index (χ2n) is 12.7. The predicted molar refractivity (Wildman–Crippen MR) is 206 cm³/mol. The molecular weight excluding hydrogens is 694 g/mol. The first-order valence-corrected chi connectivity index (χ1v) is 18.7. The SMILES string of the molecule is Cc1sc2c(c1C)C(c1ccc(Cl)cc1)=N[C@@H](CC(=O)NCCCCCCCNC(=O)c1ccc(-c3ccc(C#CCN)cc3)o1)c1nnc(C)n1-2.